The molecule has 5 rings (SSSR count). The number of anilines is 1. The first kappa shape index (κ1) is 18.7. The molecule has 150 valence electrons. The molecule has 2 bridgehead atoms. The maximum atomic E-state index is 13.0. The van der Waals surface area contributed by atoms with E-state index >= 15 is 0 Å². The lowest BCUT2D eigenvalue weighted by Gasteiger charge is -2.34. The molecule has 1 saturated carbocycles. The highest BCUT2D eigenvalue weighted by Gasteiger charge is 2.61. The Morgan fingerprint density at radius 3 is 2.86 bits per heavy atom. The lowest BCUT2D eigenvalue weighted by Crippen LogP contribution is -2.32. The van der Waals surface area contributed by atoms with Gasteiger partial charge in [-0.3, -0.25) is 9.59 Å². The van der Waals surface area contributed by atoms with Gasteiger partial charge in [0.05, 0.1) is 23.1 Å². The van der Waals surface area contributed by atoms with Gasteiger partial charge in [-0.2, -0.15) is 5.10 Å². The quantitative estimate of drug-likeness (QED) is 0.610. The number of Topliss-reactive ketones (excluding diaryl/α,β-unsaturated/α-hetero) is 1. The lowest BCUT2D eigenvalue weighted by atomic mass is 9.70. The average Bonchev–Trinajstić information content (AvgIpc) is 3.22. The van der Waals surface area contributed by atoms with Gasteiger partial charge in [0.1, 0.15) is 0 Å². The molecule has 1 aliphatic heterocycles. The number of ketones is 1. The van der Waals surface area contributed by atoms with Gasteiger partial charge >= 0.3 is 0 Å². The highest BCUT2D eigenvalue weighted by Crippen LogP contribution is 2.66. The van der Waals surface area contributed by atoms with E-state index in [1.807, 2.05) is 13.0 Å². The number of thioether (sulfide) groups is 1. The number of carbonyl (C=O) groups excluding carboxylic acids is 2. The summed E-state index contributed by atoms with van der Waals surface area (Å²) < 4.78 is 0. The van der Waals surface area contributed by atoms with Crippen LogP contribution in [0.5, 0.6) is 0 Å². The van der Waals surface area contributed by atoms with Crippen molar-refractivity contribution in [3.05, 3.63) is 40.7 Å². The third kappa shape index (κ3) is 2.59. The van der Waals surface area contributed by atoms with Gasteiger partial charge in [-0.25, -0.2) is 4.98 Å². The summed E-state index contributed by atoms with van der Waals surface area (Å²) in [4.78, 5) is 29.4. The van der Waals surface area contributed by atoms with E-state index in [1.54, 1.807) is 12.1 Å². The van der Waals surface area contributed by atoms with Crippen LogP contribution in [0.1, 0.15) is 73.8 Å². The number of benzene rings is 1. The molecule has 3 atom stereocenters. The summed E-state index contributed by atoms with van der Waals surface area (Å²) in [5, 5.41) is 11.9. The molecule has 6 nitrogen and oxygen atoms in total. The summed E-state index contributed by atoms with van der Waals surface area (Å²) in [7, 11) is 0. The number of aromatic nitrogens is 3. The topological polar surface area (TPSA) is 84.8 Å². The minimum absolute atomic E-state index is 0.00862. The van der Waals surface area contributed by atoms with E-state index in [1.165, 1.54) is 11.8 Å². The molecule has 2 aliphatic carbocycles. The summed E-state index contributed by atoms with van der Waals surface area (Å²) in [6, 6.07) is 5.39. The molecule has 0 spiro atoms. The van der Waals surface area contributed by atoms with E-state index in [9.17, 15) is 9.59 Å². The highest BCUT2D eigenvalue weighted by molar-refractivity contribution is 8.00. The molecule has 1 amide bonds. The molecular formula is C22H24N4O2S. The van der Waals surface area contributed by atoms with Crippen LogP contribution in [0, 0.1) is 5.41 Å². The van der Waals surface area contributed by atoms with Gasteiger partial charge in [0, 0.05) is 22.6 Å². The predicted molar refractivity (Wildman–Crippen MR) is 111 cm³/mol. The molecule has 1 aromatic heterocycles. The summed E-state index contributed by atoms with van der Waals surface area (Å²) in [5.74, 6) is 0.396. The van der Waals surface area contributed by atoms with Crippen LogP contribution in [0.2, 0.25) is 0 Å². The van der Waals surface area contributed by atoms with Gasteiger partial charge in [-0.15, -0.1) is 5.10 Å². The van der Waals surface area contributed by atoms with Crippen molar-refractivity contribution in [1.82, 2.24) is 15.2 Å². The fourth-order valence-corrected chi connectivity index (χ4v) is 6.03. The molecule has 2 heterocycles. The first-order valence-electron chi connectivity index (χ1n) is 10.1. The van der Waals surface area contributed by atoms with Crippen LogP contribution in [0.4, 0.5) is 5.69 Å². The smallest absolute Gasteiger partial charge is 0.228 e. The second kappa shape index (κ2) is 6.11. The number of nitrogens with one attached hydrogen (secondary N) is 1. The van der Waals surface area contributed by atoms with Crippen molar-refractivity contribution < 1.29 is 9.59 Å². The van der Waals surface area contributed by atoms with Crippen LogP contribution in [-0.4, -0.2) is 32.1 Å². The van der Waals surface area contributed by atoms with Crippen molar-refractivity contribution in [1.29, 1.82) is 0 Å². The van der Waals surface area contributed by atoms with E-state index < -0.39 is 0 Å². The van der Waals surface area contributed by atoms with Crippen molar-refractivity contribution in [2.45, 2.75) is 68.7 Å². The Morgan fingerprint density at radius 1 is 1.28 bits per heavy atom. The van der Waals surface area contributed by atoms with Crippen LogP contribution >= 0.6 is 11.8 Å². The number of rotatable bonds is 4. The molecule has 0 saturated heterocycles. The van der Waals surface area contributed by atoms with E-state index in [0.717, 1.165) is 35.5 Å². The van der Waals surface area contributed by atoms with Crippen molar-refractivity contribution in [2.75, 3.05) is 5.32 Å². The molecule has 7 heteroatoms. The Kier molecular flexibility index (Phi) is 3.95. The largest absolute Gasteiger partial charge is 0.326 e. The SMILES string of the molecule is C[C@@H](Sc1nnc2c(n1)[C@@]1(C)CC[C@H]2C1(C)C)C(=O)c1ccc2c(c1)CC(=O)N2. The summed E-state index contributed by atoms with van der Waals surface area (Å²) in [6.07, 6.45) is 2.59. The highest BCUT2D eigenvalue weighted by atomic mass is 32.2. The van der Waals surface area contributed by atoms with Gasteiger partial charge in [0.2, 0.25) is 11.1 Å². The zero-order chi connectivity index (χ0) is 20.6. The van der Waals surface area contributed by atoms with Crippen LogP contribution in [0.3, 0.4) is 0 Å². The fraction of sp³-hybridized carbons (Fsp3) is 0.500. The molecule has 0 radical (unpaired) electrons. The molecule has 0 unspecified atom stereocenters. The van der Waals surface area contributed by atoms with Crippen LogP contribution in [0.25, 0.3) is 0 Å². The number of carbonyl (C=O) groups is 2. The van der Waals surface area contributed by atoms with E-state index in [4.69, 9.17) is 4.98 Å². The number of amides is 1. The molecule has 3 aliphatic rings. The van der Waals surface area contributed by atoms with E-state index in [2.05, 4.69) is 36.3 Å². The third-order valence-corrected chi connectivity index (χ3v) is 8.39. The molecule has 1 N–H and O–H groups in total. The van der Waals surface area contributed by atoms with Crippen LogP contribution < -0.4 is 5.32 Å². The van der Waals surface area contributed by atoms with Gasteiger partial charge in [0.25, 0.3) is 0 Å². The summed E-state index contributed by atoms with van der Waals surface area (Å²) >= 11 is 1.36. The van der Waals surface area contributed by atoms with Crippen molar-refractivity contribution >= 4 is 29.1 Å². The molecule has 1 fully saturated rings. The van der Waals surface area contributed by atoms with Crippen LogP contribution in [-0.2, 0) is 16.6 Å². The Bertz CT molecular complexity index is 1070. The summed E-state index contributed by atoms with van der Waals surface area (Å²) in [6.45, 7) is 8.77. The molecule has 29 heavy (non-hydrogen) atoms. The van der Waals surface area contributed by atoms with Crippen LogP contribution in [0.15, 0.2) is 23.4 Å². The molecule has 1 aromatic carbocycles. The maximum absolute atomic E-state index is 13.0. The first-order chi connectivity index (χ1) is 13.7. The second-order valence-corrected chi connectivity index (χ2v) is 10.5. The predicted octanol–water partition coefficient (Wildman–Crippen LogP) is 3.90. The Hall–Kier alpha value is -2.28. The minimum Gasteiger partial charge on any atom is -0.326 e. The maximum Gasteiger partial charge on any atom is 0.228 e. The fourth-order valence-electron chi connectivity index (χ4n) is 5.24. The van der Waals surface area contributed by atoms with E-state index in [-0.39, 0.29) is 27.8 Å². The lowest BCUT2D eigenvalue weighted by molar-refractivity contribution is -0.115. The number of hydrogen-bond acceptors (Lipinski definition) is 6. The molecular weight excluding hydrogens is 384 g/mol. The Balaban J connectivity index is 1.38. The van der Waals surface area contributed by atoms with Gasteiger partial charge < -0.3 is 5.32 Å². The number of nitrogens with zero attached hydrogens (tertiary/aromatic N) is 3. The Morgan fingerprint density at radius 2 is 2.07 bits per heavy atom. The second-order valence-electron chi connectivity index (χ2n) is 9.19. The monoisotopic (exact) mass is 408 g/mol. The standard InChI is InChI=1S/C22H24N4O2S/c1-11(18(28)12-5-6-15-13(9-12)10-16(27)23-15)29-20-24-19-17(25-26-20)14-7-8-22(19,4)21(14,2)3/h5-6,9,11,14H,7-8,10H2,1-4H3,(H,23,27)/t11-,14-,22-/m1/s1. The average molecular weight is 409 g/mol. The van der Waals surface area contributed by atoms with Crippen molar-refractivity contribution in [2.24, 2.45) is 5.41 Å². The molecule has 2 aromatic rings. The Labute approximate surface area is 174 Å². The first-order valence-corrected chi connectivity index (χ1v) is 11.0. The normalized spacial score (nSPS) is 26.8. The van der Waals surface area contributed by atoms with Gasteiger partial charge in [-0.05, 0) is 48.9 Å². The summed E-state index contributed by atoms with van der Waals surface area (Å²) in [5.41, 5.74) is 4.55. The van der Waals surface area contributed by atoms with Gasteiger partial charge in [0.15, 0.2) is 5.78 Å². The zero-order valence-corrected chi connectivity index (χ0v) is 17.9. The zero-order valence-electron chi connectivity index (χ0n) is 17.1. The van der Waals surface area contributed by atoms with Crippen molar-refractivity contribution in [3.63, 3.8) is 0 Å². The van der Waals surface area contributed by atoms with E-state index in [0.29, 0.717) is 23.1 Å². The van der Waals surface area contributed by atoms with Crippen molar-refractivity contribution in [3.8, 4) is 0 Å². The van der Waals surface area contributed by atoms with Gasteiger partial charge in [-0.1, -0.05) is 32.5 Å². The number of fused-ring (bicyclic) bond motifs is 6. The third-order valence-electron chi connectivity index (χ3n) is 7.44. The number of hydrogen-bond donors (Lipinski definition) is 1. The minimum atomic E-state index is -0.336.